The Balaban J connectivity index is 2.16. The predicted molar refractivity (Wildman–Crippen MR) is 86.0 cm³/mol. The number of benzene rings is 2. The van der Waals surface area contributed by atoms with Gasteiger partial charge in [0.05, 0.1) is 7.11 Å². The maximum atomic E-state index is 5.95. The number of hydrogen-bond donors (Lipinski definition) is 1. The molecule has 0 fully saturated rings. The van der Waals surface area contributed by atoms with Crippen molar-refractivity contribution in [1.82, 2.24) is 0 Å². The first-order valence-corrected chi connectivity index (χ1v) is 7.20. The van der Waals surface area contributed by atoms with Gasteiger partial charge in [0.1, 0.15) is 6.61 Å². The van der Waals surface area contributed by atoms with Gasteiger partial charge in [-0.05, 0) is 61.2 Å². The lowest BCUT2D eigenvalue weighted by molar-refractivity contribution is 0.283. The molecule has 0 spiro atoms. The van der Waals surface area contributed by atoms with E-state index in [1.807, 2.05) is 18.2 Å². The Hall–Kier alpha value is -2.00. The Kier molecular flexibility index (Phi) is 5.23. The van der Waals surface area contributed by atoms with E-state index >= 15 is 0 Å². The van der Waals surface area contributed by atoms with Crippen LogP contribution in [-0.4, -0.2) is 13.7 Å². The third-order valence-electron chi connectivity index (χ3n) is 3.68. The van der Waals surface area contributed by atoms with Crippen LogP contribution in [0.25, 0.3) is 0 Å². The van der Waals surface area contributed by atoms with Crippen LogP contribution in [0.4, 0.5) is 0 Å². The van der Waals surface area contributed by atoms with Gasteiger partial charge in [-0.1, -0.05) is 24.3 Å². The van der Waals surface area contributed by atoms with Crippen LogP contribution in [0, 0.1) is 13.8 Å². The van der Waals surface area contributed by atoms with Crippen molar-refractivity contribution in [3.63, 3.8) is 0 Å². The first kappa shape index (κ1) is 15.4. The summed E-state index contributed by atoms with van der Waals surface area (Å²) in [5.74, 6) is 1.52. The minimum Gasteiger partial charge on any atom is -0.493 e. The molecule has 0 aliphatic heterocycles. The molecule has 2 rings (SSSR count). The molecule has 0 heterocycles. The average Bonchev–Trinajstić information content (AvgIpc) is 2.48. The molecule has 0 aliphatic rings. The van der Waals surface area contributed by atoms with E-state index in [0.29, 0.717) is 13.2 Å². The van der Waals surface area contributed by atoms with E-state index in [2.05, 4.69) is 32.0 Å². The van der Waals surface area contributed by atoms with E-state index in [9.17, 15) is 0 Å². The summed E-state index contributed by atoms with van der Waals surface area (Å²) < 4.78 is 11.4. The molecule has 2 N–H and O–H groups in total. The topological polar surface area (TPSA) is 44.5 Å². The fourth-order valence-corrected chi connectivity index (χ4v) is 2.38. The highest BCUT2D eigenvalue weighted by Gasteiger charge is 2.08. The monoisotopic (exact) mass is 285 g/mol. The maximum Gasteiger partial charge on any atom is 0.161 e. The molecular weight excluding hydrogens is 262 g/mol. The molecular formula is C18H23NO2. The van der Waals surface area contributed by atoms with Gasteiger partial charge in [-0.2, -0.15) is 0 Å². The molecule has 2 aromatic rings. The van der Waals surface area contributed by atoms with E-state index in [-0.39, 0.29) is 0 Å². The fraction of sp³-hybridized carbons (Fsp3) is 0.333. The lowest BCUT2D eigenvalue weighted by Crippen LogP contribution is -2.04. The number of aryl methyl sites for hydroxylation is 2. The van der Waals surface area contributed by atoms with Gasteiger partial charge < -0.3 is 15.2 Å². The fourth-order valence-electron chi connectivity index (χ4n) is 2.38. The van der Waals surface area contributed by atoms with Crippen LogP contribution in [0.15, 0.2) is 36.4 Å². The molecule has 0 aromatic heterocycles. The van der Waals surface area contributed by atoms with E-state index in [1.54, 1.807) is 7.11 Å². The molecule has 0 aliphatic carbocycles. The molecule has 0 radical (unpaired) electrons. The molecule has 0 saturated carbocycles. The van der Waals surface area contributed by atoms with E-state index < -0.39 is 0 Å². The second-order valence-electron chi connectivity index (χ2n) is 5.18. The summed E-state index contributed by atoms with van der Waals surface area (Å²) in [7, 11) is 1.66. The number of methoxy groups -OCH3 is 1. The van der Waals surface area contributed by atoms with Gasteiger partial charge in [-0.3, -0.25) is 0 Å². The Morgan fingerprint density at radius 2 is 1.71 bits per heavy atom. The zero-order valence-electron chi connectivity index (χ0n) is 13.0. The van der Waals surface area contributed by atoms with Crippen molar-refractivity contribution in [2.24, 2.45) is 5.73 Å². The predicted octanol–water partition coefficient (Wildman–Crippen LogP) is 3.39. The minimum absolute atomic E-state index is 0.547. The SMILES string of the molecule is COc1cc(CCN)ccc1OCc1c(C)cccc1C. The second-order valence-corrected chi connectivity index (χ2v) is 5.18. The zero-order chi connectivity index (χ0) is 15.2. The number of ether oxygens (including phenoxy) is 2. The maximum absolute atomic E-state index is 5.95. The Morgan fingerprint density at radius 3 is 2.33 bits per heavy atom. The van der Waals surface area contributed by atoms with Crippen molar-refractivity contribution >= 4 is 0 Å². The normalized spacial score (nSPS) is 10.5. The largest absolute Gasteiger partial charge is 0.493 e. The second kappa shape index (κ2) is 7.14. The molecule has 21 heavy (non-hydrogen) atoms. The van der Waals surface area contributed by atoms with Crippen molar-refractivity contribution in [3.8, 4) is 11.5 Å². The van der Waals surface area contributed by atoms with Crippen LogP contribution < -0.4 is 15.2 Å². The van der Waals surface area contributed by atoms with Crippen molar-refractivity contribution in [2.45, 2.75) is 26.9 Å². The van der Waals surface area contributed by atoms with Gasteiger partial charge in [-0.25, -0.2) is 0 Å². The van der Waals surface area contributed by atoms with E-state index in [0.717, 1.165) is 23.5 Å². The van der Waals surface area contributed by atoms with Gasteiger partial charge >= 0.3 is 0 Å². The van der Waals surface area contributed by atoms with E-state index in [4.69, 9.17) is 15.2 Å². The first-order valence-electron chi connectivity index (χ1n) is 7.20. The summed E-state index contributed by atoms with van der Waals surface area (Å²) >= 11 is 0. The molecule has 3 nitrogen and oxygen atoms in total. The number of nitrogens with two attached hydrogens (primary N) is 1. The van der Waals surface area contributed by atoms with Gasteiger partial charge in [0.15, 0.2) is 11.5 Å². The zero-order valence-corrected chi connectivity index (χ0v) is 13.0. The van der Waals surface area contributed by atoms with E-state index in [1.165, 1.54) is 16.7 Å². The molecule has 0 saturated heterocycles. The molecule has 0 atom stereocenters. The highest BCUT2D eigenvalue weighted by Crippen LogP contribution is 2.29. The van der Waals surface area contributed by atoms with Crippen molar-refractivity contribution in [3.05, 3.63) is 58.7 Å². The third-order valence-corrected chi connectivity index (χ3v) is 3.68. The Bertz CT molecular complexity index is 588. The quantitative estimate of drug-likeness (QED) is 0.884. The van der Waals surface area contributed by atoms with Crippen molar-refractivity contribution in [2.75, 3.05) is 13.7 Å². The van der Waals surface area contributed by atoms with Crippen LogP contribution in [0.3, 0.4) is 0 Å². The van der Waals surface area contributed by atoms with Crippen molar-refractivity contribution < 1.29 is 9.47 Å². The van der Waals surface area contributed by atoms with Gasteiger partial charge in [0, 0.05) is 0 Å². The first-order chi connectivity index (χ1) is 10.2. The summed E-state index contributed by atoms with van der Waals surface area (Å²) in [5.41, 5.74) is 10.5. The molecule has 0 unspecified atom stereocenters. The van der Waals surface area contributed by atoms with Gasteiger partial charge in [0.2, 0.25) is 0 Å². The molecule has 112 valence electrons. The number of hydrogen-bond acceptors (Lipinski definition) is 3. The van der Waals surface area contributed by atoms with Crippen LogP contribution >= 0.6 is 0 Å². The Labute approximate surface area is 126 Å². The summed E-state index contributed by atoms with van der Waals surface area (Å²) in [4.78, 5) is 0. The lowest BCUT2D eigenvalue weighted by atomic mass is 10.0. The standard InChI is InChI=1S/C18H23NO2/c1-13-5-4-6-14(2)16(13)12-21-17-8-7-15(9-10-19)11-18(17)20-3/h4-8,11H,9-10,12,19H2,1-3H3. The van der Waals surface area contributed by atoms with Crippen LogP contribution in [0.1, 0.15) is 22.3 Å². The molecule has 0 bridgehead atoms. The highest BCUT2D eigenvalue weighted by atomic mass is 16.5. The van der Waals surface area contributed by atoms with Crippen molar-refractivity contribution in [1.29, 1.82) is 0 Å². The summed E-state index contributed by atoms with van der Waals surface area (Å²) in [6, 6.07) is 12.3. The minimum atomic E-state index is 0.547. The average molecular weight is 285 g/mol. The lowest BCUT2D eigenvalue weighted by Gasteiger charge is -2.14. The molecule has 2 aromatic carbocycles. The van der Waals surface area contributed by atoms with Crippen LogP contribution in [0.2, 0.25) is 0 Å². The van der Waals surface area contributed by atoms with Gasteiger partial charge in [-0.15, -0.1) is 0 Å². The van der Waals surface area contributed by atoms with Crippen LogP contribution in [-0.2, 0) is 13.0 Å². The smallest absolute Gasteiger partial charge is 0.161 e. The third kappa shape index (κ3) is 3.76. The number of rotatable bonds is 6. The molecule has 0 amide bonds. The Morgan fingerprint density at radius 1 is 1.00 bits per heavy atom. The highest BCUT2D eigenvalue weighted by molar-refractivity contribution is 5.43. The summed E-state index contributed by atoms with van der Waals surface area (Å²) in [6.45, 7) is 5.39. The molecule has 3 heteroatoms. The summed E-state index contributed by atoms with van der Waals surface area (Å²) in [6.07, 6.45) is 0.841. The van der Waals surface area contributed by atoms with Gasteiger partial charge in [0.25, 0.3) is 0 Å². The van der Waals surface area contributed by atoms with Crippen LogP contribution in [0.5, 0.6) is 11.5 Å². The summed E-state index contributed by atoms with van der Waals surface area (Å²) in [5, 5.41) is 0.